The lowest BCUT2D eigenvalue weighted by molar-refractivity contribution is -0.458. The van der Waals surface area contributed by atoms with Crippen molar-refractivity contribution >= 4 is 35.3 Å². The third-order valence-corrected chi connectivity index (χ3v) is 8.86. The molecule has 1 aromatic heterocycles. The number of nitrogens with zero attached hydrogens (tertiary/aromatic N) is 5. The fraction of sp³-hybridized carbons (Fsp3) is 0.697. The Labute approximate surface area is 267 Å². The molecular formula is C33H52N7O5+. The maximum Gasteiger partial charge on any atom is 0.408 e. The Morgan fingerprint density at radius 2 is 1.91 bits per heavy atom. The molecule has 3 N–H and O–H groups in total. The molecule has 2 atom stereocenters. The number of amidine groups is 1. The molecule has 12 nitrogen and oxygen atoms in total. The summed E-state index contributed by atoms with van der Waals surface area (Å²) in [6.45, 7) is 15.2. The maximum atomic E-state index is 12.8. The molecule has 4 amide bonds. The van der Waals surface area contributed by atoms with E-state index in [-0.39, 0.29) is 23.9 Å². The molecule has 248 valence electrons. The highest BCUT2D eigenvalue weighted by atomic mass is 16.6. The summed E-state index contributed by atoms with van der Waals surface area (Å²) in [4.78, 5) is 50.3. The summed E-state index contributed by atoms with van der Waals surface area (Å²) in [5.41, 5.74) is 7.04. The number of alkyl carbamates (subject to hydrolysis) is 1. The number of carbonyl (C=O) groups is 3. The predicted molar refractivity (Wildman–Crippen MR) is 174 cm³/mol. The number of anilines is 1. The number of aromatic nitrogens is 1. The van der Waals surface area contributed by atoms with Crippen molar-refractivity contribution in [2.75, 3.05) is 44.2 Å². The number of aliphatic imine (C=N–C) groups is 1. The van der Waals surface area contributed by atoms with Crippen LogP contribution in [0.4, 0.5) is 15.3 Å². The molecule has 45 heavy (non-hydrogen) atoms. The van der Waals surface area contributed by atoms with Gasteiger partial charge in [0.2, 0.25) is 11.6 Å². The third-order valence-electron chi connectivity index (χ3n) is 8.86. The van der Waals surface area contributed by atoms with E-state index in [1.807, 2.05) is 51.3 Å². The number of ether oxygens (including phenoxy) is 2. The van der Waals surface area contributed by atoms with Gasteiger partial charge in [0.05, 0.1) is 24.9 Å². The lowest BCUT2D eigenvalue weighted by atomic mass is 9.84. The Hall–Kier alpha value is -3.70. The molecule has 2 unspecified atom stereocenters. The van der Waals surface area contributed by atoms with Crippen molar-refractivity contribution in [3.8, 4) is 5.88 Å². The van der Waals surface area contributed by atoms with Crippen molar-refractivity contribution in [3.63, 3.8) is 0 Å². The number of likely N-dealkylation sites (tertiary alicyclic amines) is 1. The monoisotopic (exact) mass is 626 g/mol. The predicted octanol–water partition coefficient (Wildman–Crippen LogP) is 4.21. The molecule has 1 aromatic rings. The van der Waals surface area contributed by atoms with E-state index in [4.69, 9.17) is 15.2 Å². The van der Waals surface area contributed by atoms with Crippen molar-refractivity contribution < 1.29 is 28.4 Å². The van der Waals surface area contributed by atoms with E-state index in [0.717, 1.165) is 43.5 Å². The molecule has 4 rings (SSSR count). The number of piperidine rings is 2. The van der Waals surface area contributed by atoms with Crippen LogP contribution in [0.25, 0.3) is 0 Å². The number of hydrogen-bond donors (Lipinski definition) is 2. The van der Waals surface area contributed by atoms with Crippen LogP contribution in [0.1, 0.15) is 80.1 Å². The lowest BCUT2D eigenvalue weighted by Gasteiger charge is -2.34. The quantitative estimate of drug-likeness (QED) is 0.248. The van der Waals surface area contributed by atoms with Crippen LogP contribution in [0.15, 0.2) is 23.3 Å². The summed E-state index contributed by atoms with van der Waals surface area (Å²) < 4.78 is 13.4. The first-order chi connectivity index (χ1) is 21.3. The van der Waals surface area contributed by atoms with E-state index < -0.39 is 11.7 Å². The molecule has 3 aliphatic rings. The van der Waals surface area contributed by atoms with Crippen LogP contribution in [0.5, 0.6) is 5.88 Å². The number of pyridine rings is 1. The topological polar surface area (TPSA) is 142 Å². The van der Waals surface area contributed by atoms with Gasteiger partial charge in [-0.3, -0.25) is 0 Å². The Bertz CT molecular complexity index is 1260. The highest BCUT2D eigenvalue weighted by Gasteiger charge is 2.41. The van der Waals surface area contributed by atoms with Crippen LogP contribution in [0.2, 0.25) is 0 Å². The zero-order valence-electron chi connectivity index (χ0n) is 27.9. The molecule has 0 bridgehead atoms. The number of nitrogens with one attached hydrogen (secondary N) is 1. The first kappa shape index (κ1) is 34.2. The van der Waals surface area contributed by atoms with E-state index in [0.29, 0.717) is 69.3 Å². The summed E-state index contributed by atoms with van der Waals surface area (Å²) in [5, 5.41) is 2.99. The number of amides is 4. The molecule has 3 fully saturated rings. The van der Waals surface area contributed by atoms with Gasteiger partial charge in [-0.15, -0.1) is 0 Å². The molecular weight excluding hydrogens is 574 g/mol. The third kappa shape index (κ3) is 9.64. The standard InChI is InChI=1S/C33H51N7O5/c1-22(2)30(34)37-31(42)38-16-12-24(13-17-38)23(3)14-18-44-28-11-10-25(19-35-28)39-20-26(36-32(43)45-33(4,5)6)27(21-39)40-15-8-7-9-29(40)41/h10-11,19,22-24,26H,7-9,12-18,20-21H2,1-6H3,(H2-,34,36,37,42,43)/p+1. The average Bonchev–Trinajstić information content (AvgIpc) is 3.39. The Kier molecular flexibility index (Phi) is 11.4. The second-order valence-corrected chi connectivity index (χ2v) is 13.8. The van der Waals surface area contributed by atoms with Crippen LogP contribution in [-0.4, -0.2) is 95.0 Å². The van der Waals surface area contributed by atoms with Gasteiger partial charge in [-0.25, -0.2) is 19.4 Å². The molecule has 0 radical (unpaired) electrons. The normalized spacial score (nSPS) is 22.5. The van der Waals surface area contributed by atoms with Crippen LogP contribution < -0.4 is 20.7 Å². The number of carbonyl (C=O) groups excluding carboxylic acids is 3. The number of hydrogen-bond acceptors (Lipinski definition) is 7. The summed E-state index contributed by atoms with van der Waals surface area (Å²) in [5.74, 6) is 2.08. The first-order valence-corrected chi connectivity index (χ1v) is 16.4. The van der Waals surface area contributed by atoms with Crippen molar-refractivity contribution in [2.24, 2.45) is 28.5 Å². The number of urea groups is 1. The number of nitrogens with two attached hydrogens (primary N) is 1. The van der Waals surface area contributed by atoms with Crippen molar-refractivity contribution in [1.29, 1.82) is 0 Å². The van der Waals surface area contributed by atoms with E-state index in [9.17, 15) is 14.4 Å². The fourth-order valence-corrected chi connectivity index (χ4v) is 6.05. The highest BCUT2D eigenvalue weighted by molar-refractivity contribution is 5.98. The van der Waals surface area contributed by atoms with Gasteiger partial charge in [0.1, 0.15) is 24.0 Å². The first-order valence-electron chi connectivity index (χ1n) is 16.4. The van der Waals surface area contributed by atoms with Gasteiger partial charge in [0.15, 0.2) is 6.54 Å². The minimum absolute atomic E-state index is 0.0562. The van der Waals surface area contributed by atoms with Gasteiger partial charge in [-0.2, -0.15) is 9.57 Å². The fourth-order valence-electron chi connectivity index (χ4n) is 6.05. The molecule has 0 aromatic carbocycles. The molecule has 0 spiro atoms. The molecule has 3 aliphatic heterocycles. The molecule has 0 saturated carbocycles. The van der Waals surface area contributed by atoms with Gasteiger partial charge >= 0.3 is 18.0 Å². The van der Waals surface area contributed by atoms with E-state index in [1.54, 1.807) is 11.1 Å². The zero-order valence-corrected chi connectivity index (χ0v) is 27.9. The largest absolute Gasteiger partial charge is 0.478 e. The van der Waals surface area contributed by atoms with Gasteiger partial charge < -0.3 is 30.3 Å². The summed E-state index contributed by atoms with van der Waals surface area (Å²) in [7, 11) is 0. The Balaban J connectivity index is 1.28. The molecule has 0 aliphatic carbocycles. The lowest BCUT2D eigenvalue weighted by Crippen LogP contribution is -2.47. The second kappa shape index (κ2) is 15.1. The van der Waals surface area contributed by atoms with E-state index in [2.05, 4.69) is 27.1 Å². The Morgan fingerprint density at radius 3 is 2.53 bits per heavy atom. The van der Waals surface area contributed by atoms with Gasteiger partial charge in [-0.05, 0) is 64.4 Å². The SMILES string of the molecule is CC(C)C(N)=NC(=O)N1CCC(C(C)CCOc2ccc(N3CC(=[N+]4CCCCC4=O)C(NC(=O)OC(C)(C)C)C3)cn2)CC1. The zero-order chi connectivity index (χ0) is 32.7. The van der Waals surface area contributed by atoms with Crippen LogP contribution in [0, 0.1) is 17.8 Å². The molecule has 3 saturated heterocycles. The van der Waals surface area contributed by atoms with Crippen molar-refractivity contribution in [3.05, 3.63) is 18.3 Å². The van der Waals surface area contributed by atoms with Gasteiger partial charge in [0.25, 0.3) is 0 Å². The van der Waals surface area contributed by atoms with Gasteiger partial charge in [0, 0.05) is 38.0 Å². The van der Waals surface area contributed by atoms with E-state index in [1.165, 1.54) is 0 Å². The summed E-state index contributed by atoms with van der Waals surface area (Å²) >= 11 is 0. The minimum atomic E-state index is -0.614. The molecule has 4 heterocycles. The van der Waals surface area contributed by atoms with Crippen LogP contribution >= 0.6 is 0 Å². The van der Waals surface area contributed by atoms with E-state index >= 15 is 0 Å². The highest BCUT2D eigenvalue weighted by Crippen LogP contribution is 2.28. The number of rotatable bonds is 8. The van der Waals surface area contributed by atoms with Crippen LogP contribution in [-0.2, 0) is 9.53 Å². The summed E-state index contributed by atoms with van der Waals surface area (Å²) in [6.07, 6.45) is 6.44. The van der Waals surface area contributed by atoms with Crippen molar-refractivity contribution in [1.82, 2.24) is 15.2 Å². The molecule has 12 heteroatoms. The second-order valence-electron chi connectivity index (χ2n) is 13.8. The van der Waals surface area contributed by atoms with Crippen LogP contribution in [0.3, 0.4) is 0 Å². The maximum absolute atomic E-state index is 12.8. The Morgan fingerprint density at radius 1 is 1.18 bits per heavy atom. The smallest absolute Gasteiger partial charge is 0.408 e. The average molecular weight is 627 g/mol. The summed E-state index contributed by atoms with van der Waals surface area (Å²) in [6, 6.07) is 3.27. The minimum Gasteiger partial charge on any atom is -0.478 e. The van der Waals surface area contributed by atoms with Crippen molar-refractivity contribution in [2.45, 2.75) is 91.7 Å². The van der Waals surface area contributed by atoms with Gasteiger partial charge in [-0.1, -0.05) is 20.8 Å².